The first-order chi connectivity index (χ1) is 12.3. The van der Waals surface area contributed by atoms with Crippen molar-refractivity contribution in [1.29, 1.82) is 0 Å². The summed E-state index contributed by atoms with van der Waals surface area (Å²) < 4.78 is 9.86. The minimum absolute atomic E-state index is 0.0296. The third-order valence-corrected chi connectivity index (χ3v) is 4.97. The monoisotopic (exact) mass is 351 g/mol. The zero-order chi connectivity index (χ0) is 17.1. The molecule has 25 heavy (non-hydrogen) atoms. The molecule has 0 bridgehead atoms. The number of aromatic nitrogens is 2. The lowest BCUT2D eigenvalue weighted by molar-refractivity contribution is -0.0226. The van der Waals surface area contributed by atoms with Crippen LogP contribution in [0.5, 0.6) is 0 Å². The van der Waals surface area contributed by atoms with Crippen LogP contribution in [-0.2, 0) is 4.74 Å². The summed E-state index contributed by atoms with van der Waals surface area (Å²) in [7, 11) is 0. The quantitative estimate of drug-likeness (QED) is 0.725. The van der Waals surface area contributed by atoms with Crippen LogP contribution in [0.2, 0.25) is 0 Å². The lowest BCUT2D eigenvalue weighted by Crippen LogP contribution is -2.42. The average Bonchev–Trinajstić information content (AvgIpc) is 3.19. The molecule has 4 rings (SSSR count). The van der Waals surface area contributed by atoms with Crippen molar-refractivity contribution >= 4 is 17.4 Å². The normalized spacial score (nSPS) is 17.4. The Morgan fingerprint density at radius 3 is 2.56 bits per heavy atom. The molecule has 6 heteroatoms. The van der Waals surface area contributed by atoms with E-state index >= 15 is 0 Å². The van der Waals surface area contributed by atoms with Crippen molar-refractivity contribution in [3.63, 3.8) is 0 Å². The lowest BCUT2D eigenvalue weighted by Gasteiger charge is -2.33. The number of carbonyl (C=O) groups is 1. The van der Waals surface area contributed by atoms with Crippen LogP contribution in [0.15, 0.2) is 60.7 Å². The Labute approximate surface area is 150 Å². The first kappa shape index (κ1) is 15.9. The molecule has 0 radical (unpaired) electrons. The van der Waals surface area contributed by atoms with Gasteiger partial charge in [0.1, 0.15) is 16.7 Å². The third-order valence-electron chi connectivity index (χ3n) is 4.25. The molecule has 1 amide bonds. The molecule has 1 saturated heterocycles. The summed E-state index contributed by atoms with van der Waals surface area (Å²) in [6, 6.07) is 19.7. The third kappa shape index (κ3) is 3.31. The molecule has 1 fully saturated rings. The first-order valence-corrected chi connectivity index (χ1v) is 8.94. The van der Waals surface area contributed by atoms with Crippen LogP contribution in [0.25, 0.3) is 11.3 Å². The number of rotatable bonds is 3. The first-order valence-electron chi connectivity index (χ1n) is 8.16. The molecule has 0 unspecified atom stereocenters. The van der Waals surface area contributed by atoms with Crippen LogP contribution >= 0.6 is 11.5 Å². The van der Waals surface area contributed by atoms with Gasteiger partial charge in [0, 0.05) is 12.1 Å². The number of hydrogen-bond acceptors (Lipinski definition) is 5. The van der Waals surface area contributed by atoms with Crippen LogP contribution in [-0.4, -0.2) is 40.1 Å². The van der Waals surface area contributed by atoms with E-state index in [1.54, 1.807) is 0 Å². The summed E-state index contributed by atoms with van der Waals surface area (Å²) in [5, 5.41) is 4.17. The van der Waals surface area contributed by atoms with Crippen LogP contribution in [0.4, 0.5) is 0 Å². The fourth-order valence-corrected chi connectivity index (χ4v) is 3.62. The highest BCUT2D eigenvalue weighted by molar-refractivity contribution is 7.08. The molecule has 126 valence electrons. The van der Waals surface area contributed by atoms with Gasteiger partial charge in [-0.25, -0.2) is 0 Å². The molecule has 0 N–H and O–H groups in total. The predicted octanol–water partition coefficient (Wildman–Crippen LogP) is 3.42. The maximum absolute atomic E-state index is 13.0. The van der Waals surface area contributed by atoms with Crippen molar-refractivity contribution in [2.75, 3.05) is 19.7 Å². The number of nitrogens with zero attached hydrogens (tertiary/aromatic N) is 3. The van der Waals surface area contributed by atoms with Gasteiger partial charge in [0.15, 0.2) is 0 Å². The Balaban J connectivity index is 1.57. The fraction of sp³-hybridized carbons (Fsp3) is 0.211. The van der Waals surface area contributed by atoms with Gasteiger partial charge in [0.2, 0.25) is 0 Å². The van der Waals surface area contributed by atoms with Gasteiger partial charge in [-0.1, -0.05) is 65.2 Å². The van der Waals surface area contributed by atoms with Gasteiger partial charge < -0.3 is 9.64 Å². The van der Waals surface area contributed by atoms with Crippen molar-refractivity contribution in [1.82, 2.24) is 14.5 Å². The van der Waals surface area contributed by atoms with Crippen molar-refractivity contribution in [2.24, 2.45) is 0 Å². The molecule has 3 aromatic rings. The van der Waals surface area contributed by atoms with Crippen molar-refractivity contribution in [3.05, 3.63) is 71.1 Å². The van der Waals surface area contributed by atoms with Gasteiger partial charge in [-0.2, -0.15) is 0 Å². The Kier molecular flexibility index (Phi) is 4.54. The fourth-order valence-electron chi connectivity index (χ4n) is 2.96. The van der Waals surface area contributed by atoms with Gasteiger partial charge in [0.05, 0.1) is 13.2 Å². The van der Waals surface area contributed by atoms with E-state index in [0.29, 0.717) is 30.3 Å². The topological polar surface area (TPSA) is 55.3 Å². The van der Waals surface area contributed by atoms with E-state index < -0.39 is 0 Å². The standard InChI is InChI=1S/C19H17N3O2S/c23-19(18-17(20-21-25-18)15-9-5-2-6-10-15)22-11-12-24-16(13-22)14-7-3-1-4-8-14/h1-10,16H,11-13H2/t16-/m1/s1. The minimum atomic E-state index is -0.0973. The number of morpholine rings is 1. The summed E-state index contributed by atoms with van der Waals surface area (Å²) in [4.78, 5) is 15.5. The van der Waals surface area contributed by atoms with E-state index in [9.17, 15) is 4.79 Å². The molecule has 5 nitrogen and oxygen atoms in total. The van der Waals surface area contributed by atoms with Crippen LogP contribution < -0.4 is 0 Å². The molecule has 1 aliphatic heterocycles. The van der Waals surface area contributed by atoms with Crippen LogP contribution in [0, 0.1) is 0 Å². The highest BCUT2D eigenvalue weighted by Crippen LogP contribution is 2.28. The van der Waals surface area contributed by atoms with E-state index in [2.05, 4.69) is 9.59 Å². The smallest absolute Gasteiger partial charge is 0.268 e. The number of hydrogen-bond donors (Lipinski definition) is 0. The highest BCUT2D eigenvalue weighted by Gasteiger charge is 2.29. The van der Waals surface area contributed by atoms with Gasteiger partial charge in [0.25, 0.3) is 5.91 Å². The molecular weight excluding hydrogens is 334 g/mol. The van der Waals surface area contributed by atoms with E-state index in [-0.39, 0.29) is 12.0 Å². The Morgan fingerprint density at radius 2 is 1.80 bits per heavy atom. The number of ether oxygens (including phenoxy) is 1. The Hall–Kier alpha value is -2.57. The van der Waals surface area contributed by atoms with Crippen molar-refractivity contribution in [2.45, 2.75) is 6.10 Å². The molecule has 0 saturated carbocycles. The van der Waals surface area contributed by atoms with Crippen molar-refractivity contribution < 1.29 is 9.53 Å². The molecule has 0 spiro atoms. The van der Waals surface area contributed by atoms with E-state index in [0.717, 1.165) is 22.7 Å². The lowest BCUT2D eigenvalue weighted by atomic mass is 10.1. The summed E-state index contributed by atoms with van der Waals surface area (Å²) in [6.07, 6.45) is -0.0973. The summed E-state index contributed by atoms with van der Waals surface area (Å²) in [5.74, 6) is -0.0296. The molecule has 2 aromatic carbocycles. The highest BCUT2D eigenvalue weighted by atomic mass is 32.1. The zero-order valence-electron chi connectivity index (χ0n) is 13.5. The molecule has 1 aliphatic rings. The van der Waals surface area contributed by atoms with Crippen LogP contribution in [0.1, 0.15) is 21.3 Å². The SMILES string of the molecule is O=C(c1snnc1-c1ccccc1)N1CCO[C@@H](c2ccccc2)C1. The second-order valence-electron chi connectivity index (χ2n) is 5.84. The maximum Gasteiger partial charge on any atom is 0.268 e. The molecule has 2 heterocycles. The van der Waals surface area contributed by atoms with E-state index in [4.69, 9.17) is 4.74 Å². The number of benzene rings is 2. The van der Waals surface area contributed by atoms with Gasteiger partial charge in [-0.05, 0) is 17.1 Å². The van der Waals surface area contributed by atoms with Crippen molar-refractivity contribution in [3.8, 4) is 11.3 Å². The summed E-state index contributed by atoms with van der Waals surface area (Å²) in [5.41, 5.74) is 2.65. The summed E-state index contributed by atoms with van der Waals surface area (Å²) in [6.45, 7) is 1.64. The molecule has 1 atom stereocenters. The zero-order valence-corrected chi connectivity index (χ0v) is 14.4. The predicted molar refractivity (Wildman–Crippen MR) is 96.4 cm³/mol. The van der Waals surface area contributed by atoms with E-state index in [1.807, 2.05) is 65.6 Å². The Morgan fingerprint density at radius 1 is 1.08 bits per heavy atom. The minimum Gasteiger partial charge on any atom is -0.370 e. The average molecular weight is 351 g/mol. The Bertz CT molecular complexity index is 851. The van der Waals surface area contributed by atoms with Gasteiger partial charge in [-0.15, -0.1) is 5.10 Å². The van der Waals surface area contributed by atoms with Gasteiger partial charge in [-0.3, -0.25) is 4.79 Å². The number of amides is 1. The largest absolute Gasteiger partial charge is 0.370 e. The van der Waals surface area contributed by atoms with E-state index in [1.165, 1.54) is 0 Å². The molecule has 0 aliphatic carbocycles. The van der Waals surface area contributed by atoms with Crippen LogP contribution in [0.3, 0.4) is 0 Å². The number of carbonyl (C=O) groups excluding carboxylic acids is 1. The maximum atomic E-state index is 13.0. The molecular formula is C19H17N3O2S. The second kappa shape index (κ2) is 7.13. The van der Waals surface area contributed by atoms with Gasteiger partial charge >= 0.3 is 0 Å². The second-order valence-corrected chi connectivity index (χ2v) is 6.59. The molecule has 1 aromatic heterocycles. The summed E-state index contributed by atoms with van der Waals surface area (Å²) >= 11 is 1.15.